The van der Waals surface area contributed by atoms with E-state index >= 15 is 0 Å². The third kappa shape index (κ3) is 5.85. The van der Waals surface area contributed by atoms with E-state index in [1.807, 2.05) is 33.5 Å². The van der Waals surface area contributed by atoms with E-state index in [2.05, 4.69) is 10.00 Å². The number of aryl methyl sites for hydroxylation is 1. The van der Waals surface area contributed by atoms with E-state index in [4.69, 9.17) is 5.73 Å². The number of amides is 1. The molecule has 0 saturated carbocycles. The number of carbonyl (C=O) groups is 1. The molecule has 1 aromatic heterocycles. The minimum Gasteiger partial charge on any atom is -0.346 e. The van der Waals surface area contributed by atoms with E-state index in [0.29, 0.717) is 13.0 Å². The monoisotopic (exact) mass is 267 g/mol. The fourth-order valence-corrected chi connectivity index (χ4v) is 1.87. The van der Waals surface area contributed by atoms with Gasteiger partial charge in [-0.05, 0) is 20.0 Å². The molecule has 1 heterocycles. The molecule has 1 amide bonds. The van der Waals surface area contributed by atoms with Gasteiger partial charge in [0, 0.05) is 51.9 Å². The molecule has 1 aromatic rings. The molecule has 2 N–H and O–H groups in total. The Morgan fingerprint density at radius 2 is 2.16 bits per heavy atom. The summed E-state index contributed by atoms with van der Waals surface area (Å²) < 4.78 is 1.79. The van der Waals surface area contributed by atoms with Crippen LogP contribution in [0.25, 0.3) is 0 Å². The van der Waals surface area contributed by atoms with Crippen LogP contribution in [0.1, 0.15) is 18.4 Å². The summed E-state index contributed by atoms with van der Waals surface area (Å²) in [6.45, 7) is 2.93. The van der Waals surface area contributed by atoms with Crippen LogP contribution >= 0.6 is 0 Å². The van der Waals surface area contributed by atoms with Crippen LogP contribution in [0.5, 0.6) is 0 Å². The van der Waals surface area contributed by atoms with E-state index in [0.717, 1.165) is 31.6 Å². The van der Waals surface area contributed by atoms with Crippen LogP contribution in [0, 0.1) is 0 Å². The summed E-state index contributed by atoms with van der Waals surface area (Å²) in [6, 6.07) is 0. The second-order valence-electron chi connectivity index (χ2n) is 4.97. The molecule has 0 unspecified atom stereocenters. The van der Waals surface area contributed by atoms with Crippen molar-refractivity contribution in [2.45, 2.75) is 19.4 Å². The molecule has 1 rings (SSSR count). The molecular weight excluding hydrogens is 242 g/mol. The van der Waals surface area contributed by atoms with Crippen molar-refractivity contribution in [3.05, 3.63) is 18.0 Å². The molecule has 0 aliphatic carbocycles. The Labute approximate surface area is 115 Å². The summed E-state index contributed by atoms with van der Waals surface area (Å²) in [5.41, 5.74) is 6.59. The van der Waals surface area contributed by atoms with Gasteiger partial charge in [-0.3, -0.25) is 9.48 Å². The maximum Gasteiger partial charge on any atom is 0.223 e. The van der Waals surface area contributed by atoms with Crippen LogP contribution in [-0.2, 0) is 18.4 Å². The first kappa shape index (κ1) is 15.7. The van der Waals surface area contributed by atoms with Crippen molar-refractivity contribution in [2.75, 3.05) is 33.7 Å². The molecule has 6 heteroatoms. The van der Waals surface area contributed by atoms with E-state index in [-0.39, 0.29) is 5.91 Å². The Morgan fingerprint density at radius 3 is 2.74 bits per heavy atom. The lowest BCUT2D eigenvalue weighted by Crippen LogP contribution is -2.32. The summed E-state index contributed by atoms with van der Waals surface area (Å²) in [5.74, 6) is 0.173. The second-order valence-corrected chi connectivity index (χ2v) is 4.97. The lowest BCUT2D eigenvalue weighted by Gasteiger charge is -2.19. The van der Waals surface area contributed by atoms with Gasteiger partial charge >= 0.3 is 0 Å². The molecule has 0 aliphatic heterocycles. The van der Waals surface area contributed by atoms with Gasteiger partial charge in [-0.2, -0.15) is 5.10 Å². The molecule has 0 aliphatic rings. The first-order chi connectivity index (χ1) is 9.02. The standard InChI is InChI=1S/C13H25N5O/c1-16(10-12-9-15-18(3)11-12)8-5-13(19)17(2)7-4-6-14/h9,11H,4-8,10,14H2,1-3H3. The molecule has 0 atom stereocenters. The highest BCUT2D eigenvalue weighted by Gasteiger charge is 2.10. The Morgan fingerprint density at radius 1 is 1.42 bits per heavy atom. The van der Waals surface area contributed by atoms with Crippen molar-refractivity contribution >= 4 is 5.91 Å². The molecule has 0 bridgehead atoms. The topological polar surface area (TPSA) is 67.4 Å². The molecular formula is C13H25N5O. The van der Waals surface area contributed by atoms with Gasteiger partial charge in [0.1, 0.15) is 0 Å². The average Bonchev–Trinajstić information content (AvgIpc) is 2.78. The van der Waals surface area contributed by atoms with Gasteiger partial charge in [-0.25, -0.2) is 0 Å². The number of hydrogen-bond acceptors (Lipinski definition) is 4. The van der Waals surface area contributed by atoms with Gasteiger partial charge in [0.05, 0.1) is 6.20 Å². The Bertz CT molecular complexity index is 390. The van der Waals surface area contributed by atoms with Gasteiger partial charge in [0.25, 0.3) is 0 Å². The molecule has 0 aromatic carbocycles. The van der Waals surface area contributed by atoms with Crippen LogP contribution in [0.3, 0.4) is 0 Å². The zero-order valence-corrected chi connectivity index (χ0v) is 12.2. The van der Waals surface area contributed by atoms with E-state index in [9.17, 15) is 4.79 Å². The Hall–Kier alpha value is -1.40. The number of nitrogens with zero attached hydrogens (tertiary/aromatic N) is 4. The lowest BCUT2D eigenvalue weighted by atomic mass is 10.3. The fraction of sp³-hybridized carbons (Fsp3) is 0.692. The third-order valence-electron chi connectivity index (χ3n) is 3.04. The SMILES string of the molecule is CN(CCC(=O)N(C)CCCN)Cc1cnn(C)c1. The summed E-state index contributed by atoms with van der Waals surface area (Å²) >= 11 is 0. The summed E-state index contributed by atoms with van der Waals surface area (Å²) in [6.07, 6.45) is 5.24. The van der Waals surface area contributed by atoms with Gasteiger partial charge in [0.2, 0.25) is 5.91 Å². The van der Waals surface area contributed by atoms with Crippen molar-refractivity contribution in [1.82, 2.24) is 19.6 Å². The smallest absolute Gasteiger partial charge is 0.223 e. The van der Waals surface area contributed by atoms with Crippen molar-refractivity contribution in [1.29, 1.82) is 0 Å². The first-order valence-corrected chi connectivity index (χ1v) is 6.63. The van der Waals surface area contributed by atoms with E-state index in [1.165, 1.54) is 0 Å². The average molecular weight is 267 g/mol. The summed E-state index contributed by atoms with van der Waals surface area (Å²) in [4.78, 5) is 15.7. The van der Waals surface area contributed by atoms with Crippen LogP contribution in [0.15, 0.2) is 12.4 Å². The summed E-state index contributed by atoms with van der Waals surface area (Å²) in [7, 11) is 5.75. The second kappa shape index (κ2) is 7.91. The Kier molecular flexibility index (Phi) is 6.52. The highest BCUT2D eigenvalue weighted by atomic mass is 16.2. The number of nitrogens with two attached hydrogens (primary N) is 1. The maximum atomic E-state index is 11.9. The van der Waals surface area contributed by atoms with Crippen molar-refractivity contribution < 1.29 is 4.79 Å². The van der Waals surface area contributed by atoms with Gasteiger partial charge in [-0.1, -0.05) is 0 Å². The quantitative estimate of drug-likeness (QED) is 0.722. The van der Waals surface area contributed by atoms with E-state index < -0.39 is 0 Å². The van der Waals surface area contributed by atoms with Gasteiger partial charge in [-0.15, -0.1) is 0 Å². The van der Waals surface area contributed by atoms with Crippen molar-refractivity contribution in [3.63, 3.8) is 0 Å². The number of hydrogen-bond donors (Lipinski definition) is 1. The minimum absolute atomic E-state index is 0.173. The molecule has 0 spiro atoms. The maximum absolute atomic E-state index is 11.9. The minimum atomic E-state index is 0.173. The van der Waals surface area contributed by atoms with Gasteiger partial charge < -0.3 is 15.5 Å². The third-order valence-corrected chi connectivity index (χ3v) is 3.04. The normalized spacial score (nSPS) is 11.0. The van der Waals surface area contributed by atoms with Crippen LogP contribution in [-0.4, -0.2) is 59.2 Å². The van der Waals surface area contributed by atoms with Crippen LogP contribution in [0.4, 0.5) is 0 Å². The van der Waals surface area contributed by atoms with Crippen molar-refractivity contribution in [2.24, 2.45) is 12.8 Å². The molecule has 108 valence electrons. The molecule has 0 radical (unpaired) electrons. The zero-order valence-electron chi connectivity index (χ0n) is 12.2. The van der Waals surface area contributed by atoms with Gasteiger partial charge in [0.15, 0.2) is 0 Å². The predicted octanol–water partition coefficient (Wildman–Crippen LogP) is 0.0492. The van der Waals surface area contributed by atoms with Crippen LogP contribution < -0.4 is 5.73 Å². The highest BCUT2D eigenvalue weighted by molar-refractivity contribution is 5.76. The predicted molar refractivity (Wildman–Crippen MR) is 75.5 cm³/mol. The number of rotatable bonds is 8. The fourth-order valence-electron chi connectivity index (χ4n) is 1.87. The zero-order chi connectivity index (χ0) is 14.3. The summed E-state index contributed by atoms with van der Waals surface area (Å²) in [5, 5.41) is 4.13. The molecule has 19 heavy (non-hydrogen) atoms. The van der Waals surface area contributed by atoms with Crippen LogP contribution in [0.2, 0.25) is 0 Å². The lowest BCUT2D eigenvalue weighted by molar-refractivity contribution is -0.130. The van der Waals surface area contributed by atoms with Crippen molar-refractivity contribution in [3.8, 4) is 0 Å². The molecule has 6 nitrogen and oxygen atoms in total. The molecule has 0 saturated heterocycles. The Balaban J connectivity index is 2.25. The molecule has 0 fully saturated rings. The highest BCUT2D eigenvalue weighted by Crippen LogP contribution is 2.02. The number of aromatic nitrogens is 2. The largest absolute Gasteiger partial charge is 0.346 e. The van der Waals surface area contributed by atoms with E-state index in [1.54, 1.807) is 9.58 Å². The first-order valence-electron chi connectivity index (χ1n) is 6.63. The number of carbonyl (C=O) groups excluding carboxylic acids is 1.